The first kappa shape index (κ1) is 14.4. The molecular formula is C16H17FN4O. The number of carbonyl (C=O) groups excluding carboxylic acids is 1. The second-order valence-electron chi connectivity index (χ2n) is 5.36. The van der Waals surface area contributed by atoms with Crippen LogP contribution in [0.3, 0.4) is 0 Å². The third-order valence-electron chi connectivity index (χ3n) is 3.66. The van der Waals surface area contributed by atoms with E-state index in [1.807, 2.05) is 0 Å². The van der Waals surface area contributed by atoms with Crippen LogP contribution in [0.15, 0.2) is 36.5 Å². The lowest BCUT2D eigenvalue weighted by molar-refractivity contribution is 0.102. The Morgan fingerprint density at radius 3 is 2.82 bits per heavy atom. The Bertz CT molecular complexity index is 671. The van der Waals surface area contributed by atoms with Crippen molar-refractivity contribution in [3.8, 4) is 0 Å². The van der Waals surface area contributed by atoms with E-state index in [-0.39, 0.29) is 11.6 Å². The van der Waals surface area contributed by atoms with Gasteiger partial charge in [-0.1, -0.05) is 18.9 Å². The zero-order chi connectivity index (χ0) is 15.4. The molecule has 5 nitrogen and oxygen atoms in total. The number of aromatic nitrogens is 2. The molecule has 2 aromatic rings. The average Bonchev–Trinajstić information content (AvgIpc) is 3.00. The molecule has 0 bridgehead atoms. The monoisotopic (exact) mass is 300 g/mol. The number of anilines is 2. The molecule has 0 aliphatic heterocycles. The van der Waals surface area contributed by atoms with E-state index in [1.54, 1.807) is 12.3 Å². The summed E-state index contributed by atoms with van der Waals surface area (Å²) in [6, 6.07) is 7.66. The van der Waals surface area contributed by atoms with Crippen LogP contribution in [0, 0.1) is 5.82 Å². The minimum atomic E-state index is -0.399. The molecule has 1 saturated carbocycles. The van der Waals surface area contributed by atoms with Crippen LogP contribution in [0.2, 0.25) is 0 Å². The maximum Gasteiger partial charge on any atom is 0.274 e. The minimum absolute atomic E-state index is 0.250. The van der Waals surface area contributed by atoms with Crippen LogP contribution in [0.4, 0.5) is 16.0 Å². The summed E-state index contributed by atoms with van der Waals surface area (Å²) < 4.78 is 13.1. The van der Waals surface area contributed by atoms with E-state index in [2.05, 4.69) is 20.6 Å². The Kier molecular flexibility index (Phi) is 4.27. The number of hydrogen-bond donors (Lipinski definition) is 2. The van der Waals surface area contributed by atoms with Crippen LogP contribution in [0.1, 0.15) is 36.2 Å². The van der Waals surface area contributed by atoms with E-state index in [4.69, 9.17) is 0 Å². The lowest BCUT2D eigenvalue weighted by atomic mass is 10.2. The molecule has 1 fully saturated rings. The van der Waals surface area contributed by atoms with Crippen molar-refractivity contribution < 1.29 is 9.18 Å². The van der Waals surface area contributed by atoms with E-state index in [0.29, 0.717) is 17.7 Å². The second-order valence-corrected chi connectivity index (χ2v) is 5.36. The van der Waals surface area contributed by atoms with Crippen LogP contribution >= 0.6 is 0 Å². The molecule has 0 unspecified atom stereocenters. The summed E-state index contributed by atoms with van der Waals surface area (Å²) in [6.45, 7) is 0. The van der Waals surface area contributed by atoms with Gasteiger partial charge in [-0.25, -0.2) is 14.4 Å². The highest BCUT2D eigenvalue weighted by Crippen LogP contribution is 2.20. The van der Waals surface area contributed by atoms with Crippen molar-refractivity contribution in [2.24, 2.45) is 0 Å². The van der Waals surface area contributed by atoms with E-state index in [9.17, 15) is 9.18 Å². The highest BCUT2D eigenvalue weighted by molar-refractivity contribution is 6.02. The van der Waals surface area contributed by atoms with Gasteiger partial charge < -0.3 is 10.6 Å². The first-order chi connectivity index (χ1) is 10.7. The average molecular weight is 300 g/mol. The molecule has 6 heteroatoms. The number of carbonyl (C=O) groups is 1. The van der Waals surface area contributed by atoms with Crippen molar-refractivity contribution in [1.29, 1.82) is 0 Å². The SMILES string of the molecule is O=C(Nc1cccc(F)c1)c1ccnc(NC2CCCC2)n1. The predicted octanol–water partition coefficient (Wildman–Crippen LogP) is 3.22. The van der Waals surface area contributed by atoms with Crippen LogP contribution in [0.5, 0.6) is 0 Å². The van der Waals surface area contributed by atoms with Crippen molar-refractivity contribution in [3.05, 3.63) is 48.0 Å². The number of nitrogens with one attached hydrogen (secondary N) is 2. The molecule has 1 aromatic carbocycles. The zero-order valence-corrected chi connectivity index (χ0v) is 12.1. The molecule has 1 aliphatic rings. The smallest absolute Gasteiger partial charge is 0.274 e. The molecule has 1 aromatic heterocycles. The maximum atomic E-state index is 13.1. The van der Waals surface area contributed by atoms with Gasteiger partial charge in [-0.2, -0.15) is 0 Å². The highest BCUT2D eigenvalue weighted by atomic mass is 19.1. The summed E-state index contributed by atoms with van der Waals surface area (Å²) in [5, 5.41) is 5.87. The standard InChI is InChI=1S/C16H17FN4O/c17-11-4-3-7-13(10-11)19-15(22)14-8-9-18-16(21-14)20-12-5-1-2-6-12/h3-4,7-10,12H,1-2,5-6H2,(H,19,22)(H,18,20,21). The van der Waals surface area contributed by atoms with E-state index in [1.165, 1.54) is 37.1 Å². The van der Waals surface area contributed by atoms with Gasteiger partial charge in [0.2, 0.25) is 5.95 Å². The van der Waals surface area contributed by atoms with Crippen LogP contribution in [-0.4, -0.2) is 21.9 Å². The molecule has 0 spiro atoms. The van der Waals surface area contributed by atoms with Crippen molar-refractivity contribution in [2.45, 2.75) is 31.7 Å². The summed E-state index contributed by atoms with van der Waals surface area (Å²) in [5.41, 5.74) is 0.647. The van der Waals surface area contributed by atoms with Gasteiger partial charge in [0.15, 0.2) is 0 Å². The normalized spacial score (nSPS) is 14.8. The van der Waals surface area contributed by atoms with Crippen molar-refractivity contribution in [1.82, 2.24) is 9.97 Å². The van der Waals surface area contributed by atoms with Crippen LogP contribution in [-0.2, 0) is 0 Å². The summed E-state index contributed by atoms with van der Waals surface area (Å²) in [4.78, 5) is 20.5. The molecule has 0 atom stereocenters. The second kappa shape index (κ2) is 6.51. The Labute approximate surface area is 128 Å². The van der Waals surface area contributed by atoms with Crippen molar-refractivity contribution >= 4 is 17.5 Å². The van der Waals surface area contributed by atoms with Gasteiger partial charge in [0.25, 0.3) is 5.91 Å². The Balaban J connectivity index is 1.69. The largest absolute Gasteiger partial charge is 0.351 e. The number of hydrogen-bond acceptors (Lipinski definition) is 4. The van der Waals surface area contributed by atoms with E-state index < -0.39 is 5.82 Å². The first-order valence-corrected chi connectivity index (χ1v) is 7.37. The maximum absolute atomic E-state index is 13.1. The lowest BCUT2D eigenvalue weighted by Crippen LogP contribution is -2.19. The van der Waals surface area contributed by atoms with Crippen LogP contribution in [0.25, 0.3) is 0 Å². The lowest BCUT2D eigenvalue weighted by Gasteiger charge is -2.12. The number of benzene rings is 1. The van der Waals surface area contributed by atoms with Gasteiger partial charge in [-0.15, -0.1) is 0 Å². The zero-order valence-electron chi connectivity index (χ0n) is 12.1. The summed E-state index contributed by atoms with van der Waals surface area (Å²) in [6.07, 6.45) is 6.16. The first-order valence-electron chi connectivity index (χ1n) is 7.37. The Hall–Kier alpha value is -2.50. The Morgan fingerprint density at radius 2 is 2.05 bits per heavy atom. The molecule has 0 saturated heterocycles. The quantitative estimate of drug-likeness (QED) is 0.909. The number of halogens is 1. The molecule has 0 radical (unpaired) electrons. The molecule has 22 heavy (non-hydrogen) atoms. The van der Waals surface area contributed by atoms with Crippen LogP contribution < -0.4 is 10.6 Å². The van der Waals surface area contributed by atoms with Gasteiger partial charge in [-0.05, 0) is 37.1 Å². The molecule has 3 rings (SSSR count). The fraction of sp³-hybridized carbons (Fsp3) is 0.312. The minimum Gasteiger partial charge on any atom is -0.351 e. The van der Waals surface area contributed by atoms with Gasteiger partial charge in [0.05, 0.1) is 0 Å². The molecule has 1 heterocycles. The number of amides is 1. The van der Waals surface area contributed by atoms with Gasteiger partial charge >= 0.3 is 0 Å². The molecule has 1 aliphatic carbocycles. The van der Waals surface area contributed by atoms with Gasteiger partial charge in [0.1, 0.15) is 11.5 Å². The van der Waals surface area contributed by atoms with Gasteiger partial charge in [-0.3, -0.25) is 4.79 Å². The van der Waals surface area contributed by atoms with E-state index >= 15 is 0 Å². The number of rotatable bonds is 4. The Morgan fingerprint density at radius 1 is 1.23 bits per heavy atom. The fourth-order valence-electron chi connectivity index (χ4n) is 2.57. The molecule has 114 valence electrons. The third-order valence-corrected chi connectivity index (χ3v) is 3.66. The fourth-order valence-corrected chi connectivity index (χ4v) is 2.57. The molecular weight excluding hydrogens is 283 g/mol. The highest BCUT2D eigenvalue weighted by Gasteiger charge is 2.16. The summed E-state index contributed by atoms with van der Waals surface area (Å²) >= 11 is 0. The summed E-state index contributed by atoms with van der Waals surface area (Å²) in [7, 11) is 0. The molecule has 1 amide bonds. The molecule has 2 N–H and O–H groups in total. The topological polar surface area (TPSA) is 66.9 Å². The van der Waals surface area contributed by atoms with Gasteiger partial charge in [0, 0.05) is 17.9 Å². The summed E-state index contributed by atoms with van der Waals surface area (Å²) in [5.74, 6) is -0.328. The van der Waals surface area contributed by atoms with Crippen molar-refractivity contribution in [3.63, 3.8) is 0 Å². The van der Waals surface area contributed by atoms with E-state index in [0.717, 1.165) is 12.8 Å². The predicted molar refractivity (Wildman–Crippen MR) is 82.3 cm³/mol. The number of nitrogens with zero attached hydrogens (tertiary/aromatic N) is 2. The van der Waals surface area contributed by atoms with Crippen molar-refractivity contribution in [2.75, 3.05) is 10.6 Å². The third kappa shape index (κ3) is 3.58.